The van der Waals surface area contributed by atoms with Crippen LogP contribution in [-0.4, -0.2) is 38.5 Å². The van der Waals surface area contributed by atoms with E-state index < -0.39 is 0 Å². The SMILES string of the molecule is CN(C)CCCCCCCCCCCCCCCNC=O. The second-order valence-electron chi connectivity index (χ2n) is 6.47. The fourth-order valence-electron chi connectivity index (χ4n) is 2.66. The fraction of sp³-hybridized carbons (Fsp3) is 0.944. The van der Waals surface area contributed by atoms with E-state index in [9.17, 15) is 4.79 Å². The third kappa shape index (κ3) is 19.4. The second kappa shape index (κ2) is 17.5. The zero-order chi connectivity index (χ0) is 15.6. The molecule has 0 radical (unpaired) electrons. The predicted octanol–water partition coefficient (Wildman–Crippen LogP) is 4.37. The number of carbonyl (C=O) groups is 1. The van der Waals surface area contributed by atoms with Gasteiger partial charge in [-0.05, 0) is 33.5 Å². The molecule has 0 unspecified atom stereocenters. The Labute approximate surface area is 132 Å². The Hall–Kier alpha value is -0.570. The summed E-state index contributed by atoms with van der Waals surface area (Å²) in [5.74, 6) is 0. The van der Waals surface area contributed by atoms with E-state index in [1.54, 1.807) is 0 Å². The van der Waals surface area contributed by atoms with E-state index in [1.165, 1.54) is 83.6 Å². The molecule has 0 saturated carbocycles. The molecule has 0 aliphatic carbocycles. The molecule has 0 saturated heterocycles. The highest BCUT2D eigenvalue weighted by Crippen LogP contribution is 2.12. The van der Waals surface area contributed by atoms with Crippen molar-refractivity contribution in [1.82, 2.24) is 10.2 Å². The van der Waals surface area contributed by atoms with Gasteiger partial charge in [-0.3, -0.25) is 4.79 Å². The minimum atomic E-state index is 0.794. The minimum absolute atomic E-state index is 0.794. The van der Waals surface area contributed by atoms with Crippen LogP contribution in [0.25, 0.3) is 0 Å². The van der Waals surface area contributed by atoms with Crippen molar-refractivity contribution in [2.75, 3.05) is 27.2 Å². The summed E-state index contributed by atoms with van der Waals surface area (Å²) in [6.45, 7) is 2.09. The fourth-order valence-corrected chi connectivity index (χ4v) is 2.66. The molecule has 126 valence electrons. The summed E-state index contributed by atoms with van der Waals surface area (Å²) < 4.78 is 0. The smallest absolute Gasteiger partial charge is 0.207 e. The molecular weight excluding hydrogens is 260 g/mol. The van der Waals surface area contributed by atoms with Crippen LogP contribution in [0.15, 0.2) is 0 Å². The summed E-state index contributed by atoms with van der Waals surface area (Å²) >= 11 is 0. The maximum atomic E-state index is 10.1. The highest BCUT2D eigenvalue weighted by atomic mass is 16.1. The molecule has 0 bridgehead atoms. The lowest BCUT2D eigenvalue weighted by molar-refractivity contribution is -0.109. The molecule has 0 aromatic carbocycles. The van der Waals surface area contributed by atoms with Gasteiger partial charge in [0.25, 0.3) is 0 Å². The first kappa shape index (κ1) is 20.4. The number of nitrogens with one attached hydrogen (secondary N) is 1. The normalized spacial score (nSPS) is 11.0. The van der Waals surface area contributed by atoms with Crippen molar-refractivity contribution >= 4 is 6.41 Å². The van der Waals surface area contributed by atoms with Gasteiger partial charge in [0, 0.05) is 6.54 Å². The highest BCUT2D eigenvalue weighted by Gasteiger charge is 1.95. The van der Waals surface area contributed by atoms with Crippen molar-refractivity contribution in [2.45, 2.75) is 83.5 Å². The number of nitrogens with zero attached hydrogens (tertiary/aromatic N) is 1. The van der Waals surface area contributed by atoms with E-state index in [1.807, 2.05) is 0 Å². The lowest BCUT2D eigenvalue weighted by Gasteiger charge is -2.08. The third-order valence-corrected chi connectivity index (χ3v) is 4.01. The molecular formula is C18H38N2O. The van der Waals surface area contributed by atoms with Gasteiger partial charge < -0.3 is 10.2 Å². The van der Waals surface area contributed by atoms with Crippen LogP contribution < -0.4 is 5.32 Å². The van der Waals surface area contributed by atoms with Gasteiger partial charge in [0.1, 0.15) is 0 Å². The van der Waals surface area contributed by atoms with Crippen LogP contribution in [-0.2, 0) is 4.79 Å². The lowest BCUT2D eigenvalue weighted by Crippen LogP contribution is -2.12. The van der Waals surface area contributed by atoms with Crippen LogP contribution in [0.1, 0.15) is 83.5 Å². The summed E-state index contributed by atoms with van der Waals surface area (Å²) in [6.07, 6.45) is 18.6. The van der Waals surface area contributed by atoms with E-state index in [0.29, 0.717) is 0 Å². The van der Waals surface area contributed by atoms with Crippen LogP contribution in [0, 0.1) is 0 Å². The van der Waals surface area contributed by atoms with E-state index >= 15 is 0 Å². The van der Waals surface area contributed by atoms with E-state index in [-0.39, 0.29) is 0 Å². The Bertz CT molecular complexity index is 207. The van der Waals surface area contributed by atoms with Gasteiger partial charge in [0.05, 0.1) is 0 Å². The molecule has 0 fully saturated rings. The van der Waals surface area contributed by atoms with Gasteiger partial charge in [0.2, 0.25) is 6.41 Å². The van der Waals surface area contributed by atoms with Gasteiger partial charge in [-0.1, -0.05) is 70.6 Å². The molecule has 0 aliphatic rings. The molecule has 0 heterocycles. The number of rotatable bonds is 17. The zero-order valence-electron chi connectivity index (χ0n) is 14.5. The average Bonchev–Trinajstić information content (AvgIpc) is 2.46. The summed E-state index contributed by atoms with van der Waals surface area (Å²) in [5, 5.41) is 2.71. The largest absolute Gasteiger partial charge is 0.359 e. The lowest BCUT2D eigenvalue weighted by atomic mass is 10.0. The summed E-state index contributed by atoms with van der Waals surface area (Å²) in [7, 11) is 4.31. The number of hydrogen-bond donors (Lipinski definition) is 1. The number of amides is 1. The first-order valence-corrected chi connectivity index (χ1v) is 9.09. The topological polar surface area (TPSA) is 32.3 Å². The average molecular weight is 299 g/mol. The van der Waals surface area contributed by atoms with Crippen LogP contribution >= 0.6 is 0 Å². The van der Waals surface area contributed by atoms with Crippen LogP contribution in [0.4, 0.5) is 0 Å². The zero-order valence-corrected chi connectivity index (χ0v) is 14.5. The first-order chi connectivity index (χ1) is 10.3. The maximum Gasteiger partial charge on any atom is 0.207 e. The molecule has 0 aromatic heterocycles. The van der Waals surface area contributed by atoms with Crippen molar-refractivity contribution in [1.29, 1.82) is 0 Å². The van der Waals surface area contributed by atoms with E-state index in [2.05, 4.69) is 24.3 Å². The third-order valence-electron chi connectivity index (χ3n) is 4.01. The molecule has 3 heteroatoms. The highest BCUT2D eigenvalue weighted by molar-refractivity contribution is 5.45. The molecule has 3 nitrogen and oxygen atoms in total. The molecule has 21 heavy (non-hydrogen) atoms. The van der Waals surface area contributed by atoms with Crippen molar-refractivity contribution in [3.63, 3.8) is 0 Å². The van der Waals surface area contributed by atoms with Gasteiger partial charge in [0.15, 0.2) is 0 Å². The number of carbonyl (C=O) groups excluding carboxylic acids is 1. The van der Waals surface area contributed by atoms with Gasteiger partial charge in [-0.15, -0.1) is 0 Å². The second-order valence-corrected chi connectivity index (χ2v) is 6.47. The Morgan fingerprint density at radius 3 is 1.43 bits per heavy atom. The molecule has 0 atom stereocenters. The van der Waals surface area contributed by atoms with E-state index in [0.717, 1.165) is 19.4 Å². The van der Waals surface area contributed by atoms with Crippen LogP contribution in [0.5, 0.6) is 0 Å². The summed E-state index contributed by atoms with van der Waals surface area (Å²) in [4.78, 5) is 12.3. The Morgan fingerprint density at radius 2 is 1.05 bits per heavy atom. The van der Waals surface area contributed by atoms with Gasteiger partial charge >= 0.3 is 0 Å². The van der Waals surface area contributed by atoms with Crippen LogP contribution in [0.3, 0.4) is 0 Å². The maximum absolute atomic E-state index is 10.1. The molecule has 1 N–H and O–H groups in total. The number of hydrogen-bond acceptors (Lipinski definition) is 2. The van der Waals surface area contributed by atoms with Gasteiger partial charge in [-0.2, -0.15) is 0 Å². The quantitative estimate of drug-likeness (QED) is 0.319. The molecule has 0 aromatic rings. The molecule has 0 spiro atoms. The monoisotopic (exact) mass is 298 g/mol. The van der Waals surface area contributed by atoms with Crippen molar-refractivity contribution in [3.05, 3.63) is 0 Å². The number of unbranched alkanes of at least 4 members (excludes halogenated alkanes) is 12. The summed E-state index contributed by atoms with van der Waals surface area (Å²) in [6, 6.07) is 0. The standard InChI is InChI=1S/C18H38N2O/c1-20(2)17-15-13-11-9-7-5-3-4-6-8-10-12-14-16-19-18-21/h18H,3-17H2,1-2H3,(H,19,21). The molecule has 1 amide bonds. The molecule has 0 rings (SSSR count). The minimum Gasteiger partial charge on any atom is -0.359 e. The Balaban J connectivity index is 2.95. The Kier molecular flexibility index (Phi) is 17.0. The van der Waals surface area contributed by atoms with E-state index in [4.69, 9.17) is 0 Å². The Morgan fingerprint density at radius 1 is 0.667 bits per heavy atom. The van der Waals surface area contributed by atoms with Crippen molar-refractivity contribution < 1.29 is 4.79 Å². The van der Waals surface area contributed by atoms with Crippen LogP contribution in [0.2, 0.25) is 0 Å². The predicted molar refractivity (Wildman–Crippen MR) is 92.6 cm³/mol. The van der Waals surface area contributed by atoms with Crippen molar-refractivity contribution in [2.24, 2.45) is 0 Å². The first-order valence-electron chi connectivity index (χ1n) is 9.09. The molecule has 0 aliphatic heterocycles. The summed E-state index contributed by atoms with van der Waals surface area (Å²) in [5.41, 5.74) is 0. The van der Waals surface area contributed by atoms with Gasteiger partial charge in [-0.25, -0.2) is 0 Å². The van der Waals surface area contributed by atoms with Crippen molar-refractivity contribution in [3.8, 4) is 0 Å².